The molecule has 8 heteroatoms. The summed E-state index contributed by atoms with van der Waals surface area (Å²) < 4.78 is 11.4. The molecule has 0 amide bonds. The summed E-state index contributed by atoms with van der Waals surface area (Å²) in [5, 5.41) is 16.4. The van der Waals surface area contributed by atoms with E-state index in [-0.39, 0.29) is 30.0 Å². The number of ether oxygens (including phenoxy) is 2. The van der Waals surface area contributed by atoms with Gasteiger partial charge < -0.3 is 19.8 Å². The van der Waals surface area contributed by atoms with Crippen molar-refractivity contribution in [1.82, 2.24) is 10.3 Å². The number of benzene rings is 2. The van der Waals surface area contributed by atoms with Crippen LogP contribution in [0.1, 0.15) is 29.2 Å². The molecule has 0 bridgehead atoms. The van der Waals surface area contributed by atoms with Gasteiger partial charge in [-0.3, -0.25) is 10.1 Å². The highest BCUT2D eigenvalue weighted by Gasteiger charge is 2.37. The second-order valence-electron chi connectivity index (χ2n) is 7.87. The predicted octanol–water partition coefficient (Wildman–Crippen LogP) is 3.44. The molecule has 0 radical (unpaired) electrons. The van der Waals surface area contributed by atoms with E-state index in [4.69, 9.17) is 9.47 Å². The summed E-state index contributed by atoms with van der Waals surface area (Å²) >= 11 is 0. The van der Waals surface area contributed by atoms with Gasteiger partial charge in [0, 0.05) is 37.2 Å². The quantitative estimate of drug-likeness (QED) is 0.580. The summed E-state index contributed by atoms with van der Waals surface area (Å²) in [5.41, 5.74) is 7.02. The predicted molar refractivity (Wildman–Crippen MR) is 114 cm³/mol. The Morgan fingerprint density at radius 2 is 2.13 bits per heavy atom. The SMILES string of the molecule is COc1cc(C2NN=C3CCN(C)CC32)cc([N+](=O)[O-])c1OCc1ccccc1C. The van der Waals surface area contributed by atoms with Crippen LogP contribution >= 0.6 is 0 Å². The van der Waals surface area contributed by atoms with Crippen LogP contribution in [0.15, 0.2) is 41.5 Å². The van der Waals surface area contributed by atoms with E-state index in [1.807, 2.05) is 37.3 Å². The number of piperidine rings is 1. The molecule has 2 aromatic rings. The highest BCUT2D eigenvalue weighted by molar-refractivity contribution is 5.90. The highest BCUT2D eigenvalue weighted by Crippen LogP contribution is 2.43. The summed E-state index contributed by atoms with van der Waals surface area (Å²) in [6, 6.07) is 11.1. The minimum Gasteiger partial charge on any atom is -0.493 e. The maximum Gasteiger partial charge on any atom is 0.315 e. The van der Waals surface area contributed by atoms with Gasteiger partial charge >= 0.3 is 5.69 Å². The van der Waals surface area contributed by atoms with Crippen molar-refractivity contribution >= 4 is 11.4 Å². The van der Waals surface area contributed by atoms with E-state index in [0.29, 0.717) is 5.75 Å². The first-order chi connectivity index (χ1) is 14.5. The normalized spacial score (nSPS) is 20.8. The standard InChI is InChI=1S/C22H26N4O4/c1-14-6-4-5-7-15(14)13-30-22-19(26(27)28)10-16(11-20(22)29-3)21-17-12-25(2)9-8-18(17)23-24-21/h4-7,10-11,17,21,24H,8-9,12-13H2,1-3H3. The highest BCUT2D eigenvalue weighted by atomic mass is 16.6. The lowest BCUT2D eigenvalue weighted by Crippen LogP contribution is -2.39. The molecule has 4 rings (SSSR count). The second-order valence-corrected chi connectivity index (χ2v) is 7.87. The molecule has 2 aliphatic rings. The Labute approximate surface area is 175 Å². The molecule has 0 aliphatic carbocycles. The number of rotatable bonds is 6. The molecule has 0 saturated carbocycles. The first-order valence-electron chi connectivity index (χ1n) is 10.0. The van der Waals surface area contributed by atoms with Gasteiger partial charge in [0.25, 0.3) is 0 Å². The number of fused-ring (bicyclic) bond motifs is 1. The van der Waals surface area contributed by atoms with Gasteiger partial charge in [-0.15, -0.1) is 0 Å². The molecule has 1 fully saturated rings. The van der Waals surface area contributed by atoms with Crippen molar-refractivity contribution in [3.05, 3.63) is 63.2 Å². The molecule has 2 aliphatic heterocycles. The Kier molecular flexibility index (Phi) is 5.59. The first kappa shape index (κ1) is 20.2. The number of nitrogens with zero attached hydrogens (tertiary/aromatic N) is 3. The lowest BCUT2D eigenvalue weighted by molar-refractivity contribution is -0.386. The molecule has 1 N–H and O–H groups in total. The number of hydrazone groups is 1. The van der Waals surface area contributed by atoms with E-state index in [1.54, 1.807) is 6.07 Å². The Morgan fingerprint density at radius 3 is 2.87 bits per heavy atom. The largest absolute Gasteiger partial charge is 0.493 e. The van der Waals surface area contributed by atoms with Crippen LogP contribution in [0.25, 0.3) is 0 Å². The Balaban J connectivity index is 1.65. The molecule has 8 nitrogen and oxygen atoms in total. The maximum atomic E-state index is 11.9. The van der Waals surface area contributed by atoms with Crippen molar-refractivity contribution in [1.29, 1.82) is 0 Å². The lowest BCUT2D eigenvalue weighted by Gasteiger charge is -2.31. The van der Waals surface area contributed by atoms with E-state index >= 15 is 0 Å². The van der Waals surface area contributed by atoms with Crippen LogP contribution in [-0.4, -0.2) is 42.8 Å². The fraction of sp³-hybridized carbons (Fsp3) is 0.409. The van der Waals surface area contributed by atoms with Crippen LogP contribution in [0.4, 0.5) is 5.69 Å². The number of nitrogens with one attached hydrogen (secondary N) is 1. The zero-order chi connectivity index (χ0) is 21.3. The molecule has 2 atom stereocenters. The Bertz CT molecular complexity index is 991. The molecule has 158 valence electrons. The summed E-state index contributed by atoms with van der Waals surface area (Å²) in [5.74, 6) is 0.688. The molecule has 2 heterocycles. The van der Waals surface area contributed by atoms with Crippen molar-refractivity contribution in [3.63, 3.8) is 0 Å². The third-order valence-corrected chi connectivity index (χ3v) is 5.90. The van der Waals surface area contributed by atoms with Gasteiger partial charge in [-0.05, 0) is 36.7 Å². The third-order valence-electron chi connectivity index (χ3n) is 5.90. The van der Waals surface area contributed by atoms with Crippen molar-refractivity contribution in [2.24, 2.45) is 11.0 Å². The zero-order valence-electron chi connectivity index (χ0n) is 17.4. The first-order valence-corrected chi connectivity index (χ1v) is 10.0. The second kappa shape index (κ2) is 8.31. The van der Waals surface area contributed by atoms with Gasteiger partial charge in [0.15, 0.2) is 5.75 Å². The van der Waals surface area contributed by atoms with Gasteiger partial charge in [-0.2, -0.15) is 5.10 Å². The van der Waals surface area contributed by atoms with Crippen molar-refractivity contribution in [2.75, 3.05) is 27.2 Å². The van der Waals surface area contributed by atoms with Gasteiger partial charge in [-0.1, -0.05) is 24.3 Å². The van der Waals surface area contributed by atoms with Crippen molar-refractivity contribution < 1.29 is 14.4 Å². The van der Waals surface area contributed by atoms with E-state index in [0.717, 1.165) is 41.9 Å². The van der Waals surface area contributed by atoms with Crippen LogP contribution in [0.3, 0.4) is 0 Å². The maximum absolute atomic E-state index is 11.9. The molecule has 30 heavy (non-hydrogen) atoms. The number of nitro groups is 1. The average Bonchev–Trinajstić information content (AvgIpc) is 3.15. The van der Waals surface area contributed by atoms with E-state index < -0.39 is 4.92 Å². The average molecular weight is 410 g/mol. The molecule has 0 spiro atoms. The molecule has 2 unspecified atom stereocenters. The van der Waals surface area contributed by atoms with Gasteiger partial charge in [0.1, 0.15) is 6.61 Å². The minimum atomic E-state index is -0.414. The van der Waals surface area contributed by atoms with Crippen LogP contribution in [0.5, 0.6) is 11.5 Å². The van der Waals surface area contributed by atoms with Crippen LogP contribution in [-0.2, 0) is 6.61 Å². The van der Waals surface area contributed by atoms with Crippen molar-refractivity contribution in [3.8, 4) is 11.5 Å². The molecule has 0 aromatic heterocycles. The summed E-state index contributed by atoms with van der Waals surface area (Å²) in [6.45, 7) is 4.04. The minimum absolute atomic E-state index is 0.0997. The fourth-order valence-corrected chi connectivity index (χ4v) is 4.15. The van der Waals surface area contributed by atoms with Gasteiger partial charge in [0.05, 0.1) is 18.1 Å². The van der Waals surface area contributed by atoms with E-state index in [9.17, 15) is 10.1 Å². The lowest BCUT2D eigenvalue weighted by atomic mass is 9.86. The Hall–Kier alpha value is -3.13. The number of nitro benzene ring substituents is 1. The number of aryl methyl sites for hydroxylation is 1. The molecule has 1 saturated heterocycles. The number of methoxy groups -OCH3 is 1. The van der Waals surface area contributed by atoms with Crippen LogP contribution < -0.4 is 14.9 Å². The van der Waals surface area contributed by atoms with Gasteiger partial charge in [-0.25, -0.2) is 0 Å². The monoisotopic (exact) mass is 410 g/mol. The Morgan fingerprint density at radius 1 is 1.33 bits per heavy atom. The number of hydrogen-bond donors (Lipinski definition) is 1. The summed E-state index contributed by atoms with van der Waals surface area (Å²) in [4.78, 5) is 13.7. The zero-order valence-corrected chi connectivity index (χ0v) is 17.4. The molecule has 2 aromatic carbocycles. The van der Waals surface area contributed by atoms with Crippen LogP contribution in [0, 0.1) is 23.0 Å². The third kappa shape index (κ3) is 3.82. The van der Waals surface area contributed by atoms with Crippen molar-refractivity contribution in [2.45, 2.75) is 26.0 Å². The van der Waals surface area contributed by atoms with E-state index in [2.05, 4.69) is 22.5 Å². The number of likely N-dealkylation sites (tertiary alicyclic amines) is 1. The summed E-state index contributed by atoms with van der Waals surface area (Å²) in [7, 11) is 3.58. The topological polar surface area (TPSA) is 89.2 Å². The molecular formula is C22H26N4O4. The number of hydrogen-bond acceptors (Lipinski definition) is 7. The summed E-state index contributed by atoms with van der Waals surface area (Å²) in [6.07, 6.45) is 0.904. The molecular weight excluding hydrogens is 384 g/mol. The van der Waals surface area contributed by atoms with Crippen LogP contribution in [0.2, 0.25) is 0 Å². The fourth-order valence-electron chi connectivity index (χ4n) is 4.15. The van der Waals surface area contributed by atoms with E-state index in [1.165, 1.54) is 7.11 Å². The van der Waals surface area contributed by atoms with Gasteiger partial charge in [0.2, 0.25) is 5.75 Å². The smallest absolute Gasteiger partial charge is 0.315 e.